The van der Waals surface area contributed by atoms with E-state index in [1.807, 2.05) is 68.4 Å². The maximum atomic E-state index is 13.4. The van der Waals surface area contributed by atoms with E-state index in [0.29, 0.717) is 22.9 Å². The number of H-pyrrole nitrogens is 1. The zero-order valence-electron chi connectivity index (χ0n) is 19.1. The Morgan fingerprint density at radius 3 is 2.41 bits per heavy atom. The molecule has 0 amide bonds. The SMILES string of the molecule is COc1cccc(Cn2[nH]c3c(-c4cc(C)nc(C)c4)c(-c4ccccc4)nc(N)[n+]3c2=O)n1. The maximum absolute atomic E-state index is 13.4. The van der Waals surface area contributed by atoms with E-state index in [9.17, 15) is 4.79 Å². The summed E-state index contributed by atoms with van der Waals surface area (Å²) >= 11 is 0. The summed E-state index contributed by atoms with van der Waals surface area (Å²) in [4.78, 5) is 27.0. The molecule has 0 radical (unpaired) electrons. The molecular formula is C25H24N7O2+. The van der Waals surface area contributed by atoms with Gasteiger partial charge >= 0.3 is 11.6 Å². The van der Waals surface area contributed by atoms with Crippen molar-refractivity contribution in [3.63, 3.8) is 0 Å². The number of rotatable bonds is 5. The number of hydrogen-bond acceptors (Lipinski definition) is 6. The van der Waals surface area contributed by atoms with Crippen LogP contribution in [0.3, 0.4) is 0 Å². The summed E-state index contributed by atoms with van der Waals surface area (Å²) in [5.41, 5.74) is 12.2. The molecule has 0 unspecified atom stereocenters. The van der Waals surface area contributed by atoms with Crippen LogP contribution in [0.5, 0.6) is 5.88 Å². The highest BCUT2D eigenvalue weighted by atomic mass is 16.5. The summed E-state index contributed by atoms with van der Waals surface area (Å²) in [5, 5.41) is 3.25. The number of benzene rings is 1. The maximum Gasteiger partial charge on any atom is 0.428 e. The number of aromatic amines is 1. The van der Waals surface area contributed by atoms with Crippen molar-refractivity contribution in [1.29, 1.82) is 0 Å². The molecule has 170 valence electrons. The van der Waals surface area contributed by atoms with Gasteiger partial charge in [-0.05, 0) is 37.6 Å². The third-order valence-electron chi connectivity index (χ3n) is 5.54. The van der Waals surface area contributed by atoms with Crippen LogP contribution >= 0.6 is 0 Å². The summed E-state index contributed by atoms with van der Waals surface area (Å²) in [6.45, 7) is 4.10. The fourth-order valence-corrected chi connectivity index (χ4v) is 4.14. The second-order valence-electron chi connectivity index (χ2n) is 8.03. The van der Waals surface area contributed by atoms with E-state index in [1.165, 1.54) is 9.08 Å². The zero-order valence-corrected chi connectivity index (χ0v) is 19.1. The number of ether oxygens (including phenoxy) is 1. The smallest absolute Gasteiger partial charge is 0.428 e. The Balaban J connectivity index is 1.79. The number of anilines is 1. The van der Waals surface area contributed by atoms with Gasteiger partial charge in [-0.25, -0.2) is 14.9 Å². The number of nitrogens with two attached hydrogens (primary N) is 1. The average Bonchev–Trinajstić information content (AvgIpc) is 3.15. The van der Waals surface area contributed by atoms with Crippen molar-refractivity contribution in [3.8, 4) is 28.3 Å². The fourth-order valence-electron chi connectivity index (χ4n) is 4.14. The molecule has 0 fully saturated rings. The highest BCUT2D eigenvalue weighted by Crippen LogP contribution is 2.33. The van der Waals surface area contributed by atoms with E-state index in [4.69, 9.17) is 10.5 Å². The van der Waals surface area contributed by atoms with E-state index < -0.39 is 0 Å². The van der Waals surface area contributed by atoms with E-state index in [2.05, 4.69) is 20.1 Å². The summed E-state index contributed by atoms with van der Waals surface area (Å²) in [6, 6.07) is 19.2. The number of methoxy groups -OCH3 is 1. The van der Waals surface area contributed by atoms with Gasteiger partial charge in [-0.3, -0.25) is 4.98 Å². The van der Waals surface area contributed by atoms with E-state index in [1.54, 1.807) is 13.2 Å². The second-order valence-corrected chi connectivity index (χ2v) is 8.03. The Morgan fingerprint density at radius 2 is 1.71 bits per heavy atom. The van der Waals surface area contributed by atoms with Gasteiger partial charge in [0.1, 0.15) is 12.2 Å². The number of nitrogens with one attached hydrogen (secondary N) is 1. The number of aryl methyl sites for hydroxylation is 2. The van der Waals surface area contributed by atoms with Crippen LogP contribution in [0.1, 0.15) is 17.1 Å². The van der Waals surface area contributed by atoms with Gasteiger partial charge in [0.2, 0.25) is 11.5 Å². The number of aromatic nitrogens is 6. The van der Waals surface area contributed by atoms with Crippen LogP contribution < -0.4 is 20.6 Å². The standard InChI is InChI=1S/C25H23N7O2/c1-15-12-18(13-16(2)27-15)21-22(17-8-5-4-6-9-17)29-24(26)32-23(21)30-31(25(32)33)14-19-10-7-11-20(28-19)34-3/h4-13H,14H2,1-3H3,(H2,26,27,29,30)/p+1. The first-order valence-electron chi connectivity index (χ1n) is 10.8. The van der Waals surface area contributed by atoms with Gasteiger partial charge in [-0.1, -0.05) is 36.4 Å². The van der Waals surface area contributed by atoms with Crippen molar-refractivity contribution in [2.75, 3.05) is 12.8 Å². The molecule has 0 aliphatic rings. The molecule has 5 aromatic rings. The lowest BCUT2D eigenvalue weighted by atomic mass is 9.99. The van der Waals surface area contributed by atoms with E-state index in [0.717, 1.165) is 28.1 Å². The van der Waals surface area contributed by atoms with Gasteiger partial charge < -0.3 is 10.5 Å². The van der Waals surface area contributed by atoms with Crippen molar-refractivity contribution >= 4 is 11.6 Å². The molecule has 5 rings (SSSR count). The molecule has 0 spiro atoms. The Bertz CT molecular complexity index is 1550. The molecule has 0 bridgehead atoms. The van der Waals surface area contributed by atoms with Crippen LogP contribution in [0.4, 0.5) is 5.95 Å². The molecule has 0 saturated heterocycles. The van der Waals surface area contributed by atoms with E-state index >= 15 is 0 Å². The summed E-state index contributed by atoms with van der Waals surface area (Å²) < 4.78 is 8.08. The Morgan fingerprint density at radius 1 is 0.971 bits per heavy atom. The minimum atomic E-state index is -0.340. The van der Waals surface area contributed by atoms with Crippen LogP contribution in [0, 0.1) is 13.8 Å². The first-order valence-corrected chi connectivity index (χ1v) is 10.8. The monoisotopic (exact) mass is 454 g/mol. The molecule has 0 aliphatic heterocycles. The summed E-state index contributed by atoms with van der Waals surface area (Å²) in [7, 11) is 1.56. The largest absolute Gasteiger partial charge is 0.481 e. The van der Waals surface area contributed by atoms with Crippen LogP contribution in [-0.2, 0) is 6.54 Å². The highest BCUT2D eigenvalue weighted by Gasteiger charge is 2.26. The fraction of sp³-hybridized carbons (Fsp3) is 0.160. The Kier molecular flexibility index (Phi) is 5.29. The number of fused-ring (bicyclic) bond motifs is 1. The molecule has 0 atom stereocenters. The quantitative estimate of drug-likeness (QED) is 0.395. The predicted molar refractivity (Wildman–Crippen MR) is 128 cm³/mol. The third kappa shape index (κ3) is 3.77. The molecule has 4 heterocycles. The Hall–Kier alpha value is -4.53. The molecule has 1 aromatic carbocycles. The van der Waals surface area contributed by atoms with Crippen LogP contribution in [0.2, 0.25) is 0 Å². The molecule has 4 aromatic heterocycles. The number of nitrogen functional groups attached to an aromatic ring is 1. The molecule has 0 saturated carbocycles. The van der Waals surface area contributed by atoms with Gasteiger partial charge in [-0.15, -0.1) is 9.38 Å². The first kappa shape index (κ1) is 21.3. The summed E-state index contributed by atoms with van der Waals surface area (Å²) in [5.74, 6) is 0.573. The molecular weight excluding hydrogens is 430 g/mol. The van der Waals surface area contributed by atoms with Gasteiger partial charge in [-0.2, -0.15) is 4.68 Å². The van der Waals surface area contributed by atoms with Gasteiger partial charge in [0.05, 0.1) is 18.4 Å². The summed E-state index contributed by atoms with van der Waals surface area (Å²) in [6.07, 6.45) is 0. The predicted octanol–water partition coefficient (Wildman–Crippen LogP) is 2.69. The molecule has 9 nitrogen and oxygen atoms in total. The third-order valence-corrected chi connectivity index (χ3v) is 5.54. The van der Waals surface area contributed by atoms with Crippen molar-refractivity contribution in [1.82, 2.24) is 24.7 Å². The number of hydrogen-bond donors (Lipinski definition) is 2. The van der Waals surface area contributed by atoms with Crippen LogP contribution in [0.25, 0.3) is 28.0 Å². The Labute approximate surface area is 195 Å². The molecule has 3 N–H and O–H groups in total. The molecule has 0 aliphatic carbocycles. The minimum absolute atomic E-state index is 0.0960. The number of pyridine rings is 2. The average molecular weight is 455 g/mol. The van der Waals surface area contributed by atoms with Gasteiger partial charge in [0.25, 0.3) is 0 Å². The lowest BCUT2D eigenvalue weighted by Gasteiger charge is -2.10. The molecule has 34 heavy (non-hydrogen) atoms. The van der Waals surface area contributed by atoms with Crippen molar-refractivity contribution in [3.05, 3.63) is 88.2 Å². The lowest BCUT2D eigenvalue weighted by molar-refractivity contribution is -0.516. The second kappa shape index (κ2) is 8.43. The molecule has 9 heteroatoms. The van der Waals surface area contributed by atoms with Crippen molar-refractivity contribution in [2.45, 2.75) is 20.4 Å². The number of nitrogens with zero attached hydrogens (tertiary/aromatic N) is 5. The minimum Gasteiger partial charge on any atom is -0.481 e. The topological polar surface area (TPSA) is 116 Å². The highest BCUT2D eigenvalue weighted by molar-refractivity contribution is 5.88. The van der Waals surface area contributed by atoms with Crippen molar-refractivity contribution < 1.29 is 9.14 Å². The van der Waals surface area contributed by atoms with Crippen LogP contribution in [-0.4, -0.2) is 31.8 Å². The van der Waals surface area contributed by atoms with Gasteiger partial charge in [0, 0.05) is 23.0 Å². The lowest BCUT2D eigenvalue weighted by Crippen LogP contribution is -2.44. The normalized spacial score (nSPS) is 11.1. The van der Waals surface area contributed by atoms with Crippen molar-refractivity contribution in [2.24, 2.45) is 0 Å². The van der Waals surface area contributed by atoms with E-state index in [-0.39, 0.29) is 18.2 Å². The zero-order chi connectivity index (χ0) is 23.8. The first-order chi connectivity index (χ1) is 16.4. The van der Waals surface area contributed by atoms with Crippen LogP contribution in [0.15, 0.2) is 65.5 Å². The van der Waals surface area contributed by atoms with Gasteiger partial charge in [0.15, 0.2) is 0 Å².